The summed E-state index contributed by atoms with van der Waals surface area (Å²) in [5.41, 5.74) is -2.04. The molecule has 0 spiro atoms. The van der Waals surface area contributed by atoms with Crippen molar-refractivity contribution in [2.45, 2.75) is 166 Å². The molecular formula is C40H71N3O11. The maximum atomic E-state index is 14.4. The maximum absolute atomic E-state index is 14.4. The summed E-state index contributed by atoms with van der Waals surface area (Å²) in [5.74, 6) is -2.17. The number of carbonyl (C=O) groups is 1. The Morgan fingerprint density at radius 2 is 1.54 bits per heavy atom. The normalized spacial score (nSPS) is 45.2. The average Bonchev–Trinajstić information content (AvgIpc) is 3.64. The molecule has 0 saturated carbocycles. The van der Waals surface area contributed by atoms with Crippen molar-refractivity contribution in [3.05, 3.63) is 24.5 Å². The van der Waals surface area contributed by atoms with E-state index in [1.165, 1.54) is 0 Å². The Morgan fingerprint density at radius 3 is 2.13 bits per heavy atom. The molecule has 0 aromatic carbocycles. The number of aliphatic hydroxyl groups is 3. The highest BCUT2D eigenvalue weighted by molar-refractivity contribution is 5.73. The zero-order valence-corrected chi connectivity index (χ0v) is 35.0. The first-order valence-corrected chi connectivity index (χ1v) is 19.7. The Morgan fingerprint density at radius 1 is 0.907 bits per heavy atom. The standard InChI is InChI=1S/C40H71N3O11/c1-23-19-40(8,49-13)36(54-38-33(45)30(41(9)10)18-24(2)50-38)25(3)34(53-31-20-39(7,48-12)35(46)28(6)51-31)26(4)37(47)52-29(22-43-16-14-15-17-43)21-42(11)27(5)32(23)44/h14-17,23-36,38,44-46H,18-22H2,1-13H3/t23-,24-,25+,26-,27+,28+,29+,30+,31?,32+,33-,34+,35+,36-,38+,39-,40+/m1/s1. The third-order valence-corrected chi connectivity index (χ3v) is 12.6. The zero-order chi connectivity index (χ0) is 40.3. The van der Waals surface area contributed by atoms with Gasteiger partial charge in [-0.3, -0.25) is 9.69 Å². The molecular weight excluding hydrogens is 698 g/mol. The first-order chi connectivity index (χ1) is 25.2. The number of methoxy groups -OCH3 is 2. The van der Waals surface area contributed by atoms with E-state index >= 15 is 0 Å². The molecule has 3 aliphatic rings. The van der Waals surface area contributed by atoms with Crippen LogP contribution in [-0.2, 0) is 44.5 Å². The van der Waals surface area contributed by atoms with Crippen LogP contribution in [0, 0.1) is 17.8 Å². The topological polar surface area (TPSA) is 154 Å². The number of nitrogens with zero attached hydrogens (tertiary/aromatic N) is 3. The van der Waals surface area contributed by atoms with Crippen molar-refractivity contribution >= 4 is 5.97 Å². The predicted molar refractivity (Wildman–Crippen MR) is 202 cm³/mol. The molecule has 0 bridgehead atoms. The van der Waals surface area contributed by atoms with Crippen molar-refractivity contribution in [1.82, 2.24) is 14.4 Å². The number of likely N-dealkylation sites (N-methyl/N-ethyl adjacent to an activating group) is 2. The van der Waals surface area contributed by atoms with Gasteiger partial charge in [-0.05, 0) is 93.6 Å². The number of hydrogen-bond donors (Lipinski definition) is 3. The molecule has 3 saturated heterocycles. The Bertz CT molecular complexity index is 1310. The van der Waals surface area contributed by atoms with Gasteiger partial charge in [-0.15, -0.1) is 0 Å². The predicted octanol–water partition coefficient (Wildman–Crippen LogP) is 2.90. The fraction of sp³-hybridized carbons (Fsp3) is 0.875. The molecule has 3 aliphatic heterocycles. The van der Waals surface area contributed by atoms with E-state index in [1.807, 2.05) is 102 Å². The highest BCUT2D eigenvalue weighted by Gasteiger charge is 2.52. The highest BCUT2D eigenvalue weighted by Crippen LogP contribution is 2.41. The van der Waals surface area contributed by atoms with Gasteiger partial charge in [0, 0.05) is 57.6 Å². The zero-order valence-electron chi connectivity index (χ0n) is 35.0. The maximum Gasteiger partial charge on any atom is 0.311 e. The molecule has 1 aromatic rings. The van der Waals surface area contributed by atoms with E-state index in [-0.39, 0.29) is 30.5 Å². The smallest absolute Gasteiger partial charge is 0.311 e. The lowest BCUT2D eigenvalue weighted by Crippen LogP contribution is -2.61. The van der Waals surface area contributed by atoms with Crippen LogP contribution < -0.4 is 0 Å². The van der Waals surface area contributed by atoms with E-state index in [0.717, 1.165) is 0 Å². The van der Waals surface area contributed by atoms with Crippen molar-refractivity contribution < 1.29 is 53.3 Å². The summed E-state index contributed by atoms with van der Waals surface area (Å²) in [6.07, 6.45) is -2.61. The van der Waals surface area contributed by atoms with Crippen molar-refractivity contribution in [1.29, 1.82) is 0 Å². The quantitative estimate of drug-likeness (QED) is 0.316. The highest BCUT2D eigenvalue weighted by atomic mass is 16.7. The summed E-state index contributed by atoms with van der Waals surface area (Å²) in [6.45, 7) is 16.0. The molecule has 312 valence electrons. The van der Waals surface area contributed by atoms with Crippen molar-refractivity contribution in [3.8, 4) is 0 Å². The molecule has 17 atom stereocenters. The molecule has 14 heteroatoms. The van der Waals surface area contributed by atoms with Gasteiger partial charge in [0.15, 0.2) is 12.6 Å². The minimum absolute atomic E-state index is 0.196. The first-order valence-electron chi connectivity index (χ1n) is 19.7. The fourth-order valence-electron chi connectivity index (χ4n) is 8.83. The Balaban J connectivity index is 1.83. The molecule has 3 N–H and O–H groups in total. The summed E-state index contributed by atoms with van der Waals surface area (Å²) >= 11 is 0. The second kappa shape index (κ2) is 18.7. The second-order valence-corrected chi connectivity index (χ2v) is 17.1. The number of carbonyl (C=O) groups excluding carboxylic acids is 1. The van der Waals surface area contributed by atoms with Gasteiger partial charge in [0.25, 0.3) is 0 Å². The van der Waals surface area contributed by atoms with Crippen LogP contribution in [0.1, 0.15) is 74.7 Å². The monoisotopic (exact) mass is 770 g/mol. The molecule has 14 nitrogen and oxygen atoms in total. The summed E-state index contributed by atoms with van der Waals surface area (Å²) in [5, 5.41) is 34.5. The molecule has 1 unspecified atom stereocenters. The Kier molecular flexibility index (Phi) is 15.6. The number of rotatable bonds is 9. The largest absolute Gasteiger partial charge is 0.459 e. The molecule has 3 fully saturated rings. The van der Waals surface area contributed by atoms with E-state index < -0.39 is 84.3 Å². The lowest BCUT2D eigenvalue weighted by atomic mass is 9.76. The van der Waals surface area contributed by atoms with Gasteiger partial charge >= 0.3 is 5.97 Å². The van der Waals surface area contributed by atoms with Crippen LogP contribution in [0.3, 0.4) is 0 Å². The molecule has 0 radical (unpaired) electrons. The van der Waals surface area contributed by atoms with E-state index in [0.29, 0.717) is 25.9 Å². The van der Waals surface area contributed by atoms with Gasteiger partial charge in [0.1, 0.15) is 18.3 Å². The van der Waals surface area contributed by atoms with E-state index in [2.05, 4.69) is 0 Å². The van der Waals surface area contributed by atoms with Gasteiger partial charge in [-0.25, -0.2) is 0 Å². The fourth-order valence-corrected chi connectivity index (χ4v) is 8.83. The van der Waals surface area contributed by atoms with Crippen molar-refractivity contribution in [2.75, 3.05) is 41.9 Å². The average molecular weight is 770 g/mol. The molecule has 4 heterocycles. The van der Waals surface area contributed by atoms with E-state index in [9.17, 15) is 20.1 Å². The van der Waals surface area contributed by atoms with Crippen LogP contribution in [0.25, 0.3) is 0 Å². The second-order valence-electron chi connectivity index (χ2n) is 17.1. The molecule has 0 aliphatic carbocycles. The number of hydrogen-bond acceptors (Lipinski definition) is 13. The number of aliphatic hydroxyl groups excluding tert-OH is 3. The molecule has 54 heavy (non-hydrogen) atoms. The van der Waals surface area contributed by atoms with Crippen molar-refractivity contribution in [2.24, 2.45) is 17.8 Å². The minimum Gasteiger partial charge on any atom is -0.459 e. The van der Waals surface area contributed by atoms with Crippen LogP contribution in [0.4, 0.5) is 0 Å². The first kappa shape index (κ1) is 45.0. The summed E-state index contributed by atoms with van der Waals surface area (Å²) in [7, 11) is 8.93. The number of ether oxygens (including phenoxy) is 7. The summed E-state index contributed by atoms with van der Waals surface area (Å²) in [4.78, 5) is 18.4. The van der Waals surface area contributed by atoms with Gasteiger partial charge in [0.05, 0.1) is 54.2 Å². The van der Waals surface area contributed by atoms with Gasteiger partial charge in [-0.1, -0.05) is 13.8 Å². The molecule has 1 aromatic heterocycles. The number of cyclic esters (lactones) is 1. The minimum atomic E-state index is -1.07. The third kappa shape index (κ3) is 10.2. The molecule has 0 amide bonds. The van der Waals surface area contributed by atoms with Gasteiger partial charge in [-0.2, -0.15) is 0 Å². The van der Waals surface area contributed by atoms with Crippen LogP contribution in [-0.4, -0.2) is 162 Å². The third-order valence-electron chi connectivity index (χ3n) is 12.6. The van der Waals surface area contributed by atoms with Crippen LogP contribution in [0.5, 0.6) is 0 Å². The lowest BCUT2D eigenvalue weighted by molar-refractivity contribution is -0.319. The number of aromatic nitrogens is 1. The van der Waals surface area contributed by atoms with Crippen molar-refractivity contribution in [3.63, 3.8) is 0 Å². The van der Waals surface area contributed by atoms with Crippen LogP contribution in [0.15, 0.2) is 24.5 Å². The van der Waals surface area contributed by atoms with Crippen LogP contribution in [0.2, 0.25) is 0 Å². The molecule has 4 rings (SSSR count). The number of esters is 1. The van der Waals surface area contributed by atoms with E-state index in [1.54, 1.807) is 28.1 Å². The van der Waals surface area contributed by atoms with E-state index in [4.69, 9.17) is 33.2 Å². The summed E-state index contributed by atoms with van der Waals surface area (Å²) < 4.78 is 46.9. The SMILES string of the molecule is CO[C@]1(C)CC(O[C@H]2[C@H](C)[C@@H](O[C@@H]3O[C@H](C)C[C@H](N(C)C)[C@H]3O)[C@@](C)(OC)C[C@@H](C)[C@H](O)[C@H](C)N(C)C[C@@H](Cn3cccc3)OC(=O)[C@@H]2C)O[C@@H](C)[C@@H]1O. The van der Waals surface area contributed by atoms with Crippen LogP contribution >= 0.6 is 0 Å². The Labute approximate surface area is 323 Å². The van der Waals surface area contributed by atoms with Gasteiger partial charge in [0.2, 0.25) is 0 Å². The van der Waals surface area contributed by atoms with Gasteiger partial charge < -0.3 is 57.9 Å². The lowest BCUT2D eigenvalue weighted by Gasteiger charge is -2.50. The Hall–Kier alpha value is -1.69. The summed E-state index contributed by atoms with van der Waals surface area (Å²) in [6, 6.07) is 3.33.